The smallest absolute Gasteiger partial charge is 0.341 e. The van der Waals surface area contributed by atoms with Crippen molar-refractivity contribution in [1.29, 1.82) is 0 Å². The van der Waals surface area contributed by atoms with Crippen LogP contribution in [0, 0.1) is 5.82 Å². The topological polar surface area (TPSA) is 407 Å². The lowest BCUT2D eigenvalue weighted by atomic mass is 9.83. The maximum atomic E-state index is 14.6. The molecule has 2 aromatic rings. The van der Waals surface area contributed by atoms with E-state index in [1.54, 1.807) is 6.07 Å². The molecule has 0 radical (unpaired) electrons. The number of aromatic nitrogens is 1. The van der Waals surface area contributed by atoms with Gasteiger partial charge in [-0.15, -0.1) is 0 Å². The number of rotatable bonds is 13. The van der Waals surface area contributed by atoms with E-state index in [1.165, 1.54) is 12.3 Å². The number of hydrogen-bond donors (Lipinski definition) is 15. The maximum absolute atomic E-state index is 14.6. The second kappa shape index (κ2) is 21.4. The van der Waals surface area contributed by atoms with Crippen molar-refractivity contribution in [3.63, 3.8) is 0 Å². The fraction of sp³-hybridized carbons (Fsp3) is 0.718. The van der Waals surface area contributed by atoms with Crippen LogP contribution < -0.4 is 43.9 Å². The predicted octanol–water partition coefficient (Wildman–Crippen LogP) is -6.84. The van der Waals surface area contributed by atoms with E-state index in [4.69, 9.17) is 41.9 Å². The number of halogens is 1. The second-order valence-corrected chi connectivity index (χ2v) is 16.7. The van der Waals surface area contributed by atoms with E-state index in [9.17, 15) is 64.7 Å². The van der Waals surface area contributed by atoms with Gasteiger partial charge in [0.15, 0.2) is 12.6 Å². The van der Waals surface area contributed by atoms with E-state index >= 15 is 0 Å². The minimum atomic E-state index is -1.76. The number of pyridine rings is 1. The molecule has 1 amide bonds. The lowest BCUT2D eigenvalue weighted by Crippen LogP contribution is -2.69. The Balaban J connectivity index is 0.000000239. The number of aliphatic hydroxyl groups is 8. The summed E-state index contributed by atoms with van der Waals surface area (Å²) in [6, 6.07) is -0.376. The van der Waals surface area contributed by atoms with Gasteiger partial charge in [0.1, 0.15) is 78.5 Å². The number of carbonyl (C=O) groups excluding carboxylic acids is 1. The monoisotopic (exact) mass is 916 g/mol. The molecule has 3 aliphatic heterocycles. The molecular weight excluding hydrogens is 855 g/mol. The fourth-order valence-corrected chi connectivity index (χ4v) is 8.38. The number of carboxylic acid groups (broad SMARTS) is 1. The number of nitrogens with zero attached hydrogens (tertiary/aromatic N) is 2. The number of aromatic carboxylic acids is 1. The van der Waals surface area contributed by atoms with Gasteiger partial charge in [-0.1, -0.05) is 0 Å². The van der Waals surface area contributed by atoms with Crippen molar-refractivity contribution in [2.45, 2.75) is 130 Å². The molecule has 3 saturated heterocycles. The van der Waals surface area contributed by atoms with Crippen molar-refractivity contribution in [2.75, 3.05) is 50.8 Å². The molecule has 25 heteroatoms. The van der Waals surface area contributed by atoms with Crippen molar-refractivity contribution < 1.29 is 78.9 Å². The van der Waals surface area contributed by atoms with Crippen LogP contribution in [-0.4, -0.2) is 206 Å². The number of carbonyl (C=O) groups is 2. The number of amides is 1. The summed E-state index contributed by atoms with van der Waals surface area (Å²) in [4.78, 5) is 38.3. The van der Waals surface area contributed by atoms with Crippen molar-refractivity contribution in [1.82, 2.24) is 15.2 Å². The van der Waals surface area contributed by atoms with Crippen LogP contribution in [0.4, 0.5) is 10.1 Å². The van der Waals surface area contributed by atoms with E-state index in [0.717, 1.165) is 25.9 Å². The maximum Gasteiger partial charge on any atom is 0.341 e. The highest BCUT2D eigenvalue weighted by molar-refractivity contribution is 5.93. The first-order valence-corrected chi connectivity index (χ1v) is 21.2. The Kier molecular flexibility index (Phi) is 16.6. The number of hydrogen-bond acceptors (Lipinski definition) is 21. The van der Waals surface area contributed by atoms with Crippen LogP contribution in [0.25, 0.3) is 10.9 Å². The highest BCUT2D eigenvalue weighted by Crippen LogP contribution is 2.38. The van der Waals surface area contributed by atoms with Crippen LogP contribution in [-0.2, 0) is 23.7 Å². The first-order valence-electron chi connectivity index (χ1n) is 21.2. The standard InChI is InChI=1S/C22H43N5O13.C17H18FN3O3/c23-2-1-8(29)20(36)27-7-3-6(25)18(39-22-16(34)15(33)13(31)9(4-24)37-22)17(35)19(7)40-21-14(32)11(26)12(30)10(5-28)38-21;18-13-7-11-14(8-15(13)20-5-3-19-4-6-20)21(10-1-2-10)9-12(16(11)22)17(23)24/h6-19,21-22,28-35H,1-5,23-26H2,(H,27,36);7-10,19H,1-6H2,(H,23,24)/t6-,7+,8-,9+,10+,11-,12+,13+,14+,15-,16+,17-,18+,19-,21+,22+;/m0./s1. The quantitative estimate of drug-likeness (QED) is 0.0888. The van der Waals surface area contributed by atoms with Gasteiger partial charge in [0.2, 0.25) is 11.3 Å². The van der Waals surface area contributed by atoms with E-state index in [1.807, 2.05) is 9.47 Å². The molecule has 0 unspecified atom stereocenters. The molecule has 7 rings (SSSR count). The molecule has 5 fully saturated rings. The molecule has 0 spiro atoms. The Morgan fingerprint density at radius 3 is 2.16 bits per heavy atom. The average Bonchev–Trinajstić information content (AvgIpc) is 4.12. The van der Waals surface area contributed by atoms with Crippen LogP contribution in [0.15, 0.2) is 23.1 Å². The Hall–Kier alpha value is -3.58. The van der Waals surface area contributed by atoms with E-state index in [0.29, 0.717) is 24.3 Å². The number of benzene rings is 1. The molecule has 16 atom stereocenters. The Bertz CT molecular complexity index is 1980. The third kappa shape index (κ3) is 10.7. The number of nitrogens with two attached hydrogens (primary N) is 4. The summed E-state index contributed by atoms with van der Waals surface area (Å²) in [5.74, 6) is -2.60. The Labute approximate surface area is 365 Å². The average molecular weight is 917 g/mol. The third-order valence-corrected chi connectivity index (χ3v) is 12.2. The summed E-state index contributed by atoms with van der Waals surface area (Å²) in [5.41, 5.74) is 23.2. The predicted molar refractivity (Wildman–Crippen MR) is 220 cm³/mol. The van der Waals surface area contributed by atoms with Crippen molar-refractivity contribution in [3.8, 4) is 0 Å². The van der Waals surface area contributed by atoms with Crippen LogP contribution in [0.2, 0.25) is 0 Å². The van der Waals surface area contributed by atoms with Gasteiger partial charge in [-0.05, 0) is 44.4 Å². The van der Waals surface area contributed by atoms with Crippen molar-refractivity contribution in [3.05, 3.63) is 39.9 Å². The number of piperazine rings is 1. The van der Waals surface area contributed by atoms with E-state index < -0.39 is 128 Å². The van der Waals surface area contributed by atoms with Gasteiger partial charge in [0.25, 0.3) is 0 Å². The number of fused-ring (bicyclic) bond motifs is 1. The van der Waals surface area contributed by atoms with E-state index in [-0.39, 0.29) is 42.9 Å². The Morgan fingerprint density at radius 2 is 1.55 bits per heavy atom. The third-order valence-electron chi connectivity index (χ3n) is 12.2. The number of carboxylic acids is 1. The molecule has 64 heavy (non-hydrogen) atoms. The van der Waals surface area contributed by atoms with Crippen molar-refractivity contribution in [2.24, 2.45) is 22.9 Å². The normalized spacial score (nSPS) is 36.2. The fourth-order valence-electron chi connectivity index (χ4n) is 8.38. The molecule has 0 bridgehead atoms. The number of aliphatic hydroxyl groups excluding tert-OH is 8. The summed E-state index contributed by atoms with van der Waals surface area (Å²) >= 11 is 0. The minimum Gasteiger partial charge on any atom is -0.477 e. The number of nitrogens with one attached hydrogen (secondary N) is 2. The zero-order chi connectivity index (χ0) is 46.7. The van der Waals surface area contributed by atoms with Crippen molar-refractivity contribution >= 4 is 28.5 Å². The van der Waals surface area contributed by atoms with Crippen LogP contribution in [0.3, 0.4) is 0 Å². The van der Waals surface area contributed by atoms with Gasteiger partial charge in [-0.3, -0.25) is 9.59 Å². The Morgan fingerprint density at radius 1 is 0.906 bits per heavy atom. The van der Waals surface area contributed by atoms with Crippen LogP contribution >= 0.6 is 0 Å². The molecule has 4 heterocycles. The first-order chi connectivity index (χ1) is 30.4. The zero-order valence-electron chi connectivity index (χ0n) is 34.8. The van der Waals surface area contributed by atoms with Crippen LogP contribution in [0.1, 0.15) is 42.1 Å². The SMILES string of the molecule is NCC[C@H](O)C(=O)N[C@@H]1C[C@H](N)[C@@H](O[C@H]2O[C@H](CN)[C@@H](O)[C@H](O)[C@H]2O)[C@H](O)[C@H]1O[C@H]1O[C@H](CO)[C@@H](O)[C@H](N)[C@H]1O.O=C(O)c1cn(C2CC2)c2cc(N3CCNCC3)c(F)cc2c1=O. The van der Waals surface area contributed by atoms with Gasteiger partial charge < -0.3 is 108 Å². The highest BCUT2D eigenvalue weighted by atomic mass is 19.1. The second-order valence-electron chi connectivity index (χ2n) is 16.7. The summed E-state index contributed by atoms with van der Waals surface area (Å²) in [7, 11) is 0. The van der Waals surface area contributed by atoms with E-state index in [2.05, 4.69) is 10.6 Å². The summed E-state index contributed by atoms with van der Waals surface area (Å²) in [6.45, 7) is 2.06. The molecule has 19 N–H and O–H groups in total. The number of anilines is 1. The molecule has 1 aromatic heterocycles. The largest absolute Gasteiger partial charge is 0.477 e. The summed E-state index contributed by atoms with van der Waals surface area (Å²) in [6.07, 6.45) is -16.5. The molecular formula is C39H61FN8O16. The molecule has 1 aromatic carbocycles. The van der Waals surface area contributed by atoms with Gasteiger partial charge >= 0.3 is 5.97 Å². The summed E-state index contributed by atoms with van der Waals surface area (Å²) in [5, 5.41) is 97.5. The zero-order valence-corrected chi connectivity index (χ0v) is 34.8. The van der Waals surface area contributed by atoms with Gasteiger partial charge in [-0.2, -0.15) is 0 Å². The van der Waals surface area contributed by atoms with Gasteiger partial charge in [0.05, 0.1) is 29.9 Å². The number of ether oxygens (including phenoxy) is 4. The van der Waals surface area contributed by atoms with Gasteiger partial charge in [-0.25, -0.2) is 9.18 Å². The molecule has 2 saturated carbocycles. The van der Waals surface area contributed by atoms with Crippen LogP contribution in [0.5, 0.6) is 0 Å². The minimum absolute atomic E-state index is 0.0101. The molecule has 24 nitrogen and oxygen atoms in total. The first kappa shape index (κ1) is 49.8. The van der Waals surface area contributed by atoms with Gasteiger partial charge in [0, 0.05) is 56.4 Å². The lowest BCUT2D eigenvalue weighted by Gasteiger charge is -2.49. The molecule has 2 aliphatic carbocycles. The lowest BCUT2D eigenvalue weighted by molar-refractivity contribution is -0.332. The molecule has 360 valence electrons. The highest BCUT2D eigenvalue weighted by Gasteiger charge is 2.52. The molecule has 5 aliphatic rings. The summed E-state index contributed by atoms with van der Waals surface area (Å²) < 4.78 is 38.9.